The van der Waals surface area contributed by atoms with E-state index in [0.717, 1.165) is 31.8 Å². The van der Waals surface area contributed by atoms with Gasteiger partial charge in [0.25, 0.3) is 0 Å². The number of rotatable bonds is 8. The second kappa shape index (κ2) is 11.8. The summed E-state index contributed by atoms with van der Waals surface area (Å²) in [4.78, 5) is 24.6. The Labute approximate surface area is 178 Å². The van der Waals surface area contributed by atoms with Gasteiger partial charge in [-0.15, -0.1) is 0 Å². The molecule has 0 aromatic rings. The van der Waals surface area contributed by atoms with E-state index in [0.29, 0.717) is 6.42 Å². The first-order valence-corrected chi connectivity index (χ1v) is 10.8. The van der Waals surface area contributed by atoms with Gasteiger partial charge in [0.15, 0.2) is 0 Å². The third-order valence-electron chi connectivity index (χ3n) is 5.88. The van der Waals surface area contributed by atoms with Gasteiger partial charge >= 0.3 is 11.9 Å². The molecule has 0 aromatic heterocycles. The Kier molecular flexibility index (Phi) is 10.4. The molecule has 1 saturated heterocycles. The molecular weight excluding hydrogens is 392 g/mol. The maximum atomic E-state index is 12.3. The van der Waals surface area contributed by atoms with E-state index in [1.54, 1.807) is 0 Å². The van der Waals surface area contributed by atoms with Gasteiger partial charge in [0.1, 0.15) is 17.8 Å². The largest absolute Gasteiger partial charge is 0.458 e. The summed E-state index contributed by atoms with van der Waals surface area (Å²) in [6, 6.07) is 0. The molecule has 0 unspecified atom stereocenters. The molecule has 1 heterocycles. The Morgan fingerprint density at radius 3 is 2.43 bits per heavy atom. The van der Waals surface area contributed by atoms with Crippen LogP contribution in [0.1, 0.15) is 66.7 Å². The number of ether oxygens (including phenoxy) is 2. The minimum absolute atomic E-state index is 0.537. The van der Waals surface area contributed by atoms with Gasteiger partial charge in [-0.3, -0.25) is 4.79 Å². The predicted molar refractivity (Wildman–Crippen MR) is 110 cm³/mol. The first kappa shape index (κ1) is 26.6. The molecule has 1 rings (SSSR count). The minimum atomic E-state index is -2.02. The van der Waals surface area contributed by atoms with Crippen LogP contribution in [0.4, 0.5) is 0 Å². The van der Waals surface area contributed by atoms with Crippen LogP contribution in [0.15, 0.2) is 12.2 Å². The number of esters is 2. The average molecular weight is 431 g/mol. The highest BCUT2D eigenvalue weighted by Gasteiger charge is 2.50. The van der Waals surface area contributed by atoms with Crippen molar-refractivity contribution in [3.8, 4) is 0 Å². The zero-order valence-corrected chi connectivity index (χ0v) is 18.7. The summed E-state index contributed by atoms with van der Waals surface area (Å²) in [5, 5.41) is 41.6. The van der Waals surface area contributed by atoms with Gasteiger partial charge in [0, 0.05) is 12.0 Å². The molecule has 0 aliphatic carbocycles. The summed E-state index contributed by atoms with van der Waals surface area (Å²) >= 11 is 0. The van der Waals surface area contributed by atoms with Crippen molar-refractivity contribution in [2.75, 3.05) is 0 Å². The van der Waals surface area contributed by atoms with E-state index in [4.69, 9.17) is 9.47 Å². The van der Waals surface area contributed by atoms with Crippen molar-refractivity contribution in [3.05, 3.63) is 12.2 Å². The monoisotopic (exact) mass is 430 g/mol. The van der Waals surface area contributed by atoms with Crippen molar-refractivity contribution in [1.29, 1.82) is 0 Å². The number of aliphatic hydroxyl groups is 4. The fraction of sp³-hybridized carbons (Fsp3) is 0.818. The van der Waals surface area contributed by atoms with Crippen LogP contribution in [0.2, 0.25) is 0 Å². The predicted octanol–water partition coefficient (Wildman–Crippen LogP) is 1.48. The molecule has 174 valence electrons. The summed E-state index contributed by atoms with van der Waals surface area (Å²) in [6.07, 6.45) is 1.24. The van der Waals surface area contributed by atoms with Crippen LogP contribution in [0.5, 0.6) is 0 Å². The molecule has 0 bridgehead atoms. The van der Waals surface area contributed by atoms with Gasteiger partial charge in [-0.2, -0.15) is 0 Å². The van der Waals surface area contributed by atoms with E-state index in [9.17, 15) is 30.0 Å². The number of cyclic esters (lactones) is 1. The highest BCUT2D eigenvalue weighted by Crippen LogP contribution is 2.32. The third kappa shape index (κ3) is 7.04. The SMILES string of the molecule is CCCCCC[C@@H](O)/C=C/C(=O)O[C@@H]1[C@@H](C)[C@H](O)[C@@](C)(O)[C@H](O)[C@H](C)C(=O)O[C@H]1C. The Hall–Kier alpha value is -1.48. The highest BCUT2D eigenvalue weighted by molar-refractivity contribution is 5.82. The molecule has 30 heavy (non-hydrogen) atoms. The molecule has 4 N–H and O–H groups in total. The Morgan fingerprint density at radius 1 is 1.20 bits per heavy atom. The first-order valence-electron chi connectivity index (χ1n) is 10.8. The van der Waals surface area contributed by atoms with Crippen molar-refractivity contribution in [2.24, 2.45) is 11.8 Å². The number of carbonyl (C=O) groups excluding carboxylic acids is 2. The number of carbonyl (C=O) groups is 2. The molecule has 8 heteroatoms. The second-order valence-corrected chi connectivity index (χ2v) is 8.58. The van der Waals surface area contributed by atoms with E-state index >= 15 is 0 Å². The maximum Gasteiger partial charge on any atom is 0.330 e. The number of hydrogen-bond donors (Lipinski definition) is 4. The number of unbranched alkanes of at least 4 members (excludes halogenated alkanes) is 3. The van der Waals surface area contributed by atoms with Gasteiger partial charge < -0.3 is 29.9 Å². The third-order valence-corrected chi connectivity index (χ3v) is 5.88. The molecule has 1 aliphatic rings. The number of hydrogen-bond acceptors (Lipinski definition) is 8. The van der Waals surface area contributed by atoms with E-state index in [2.05, 4.69) is 6.92 Å². The quantitative estimate of drug-likeness (QED) is 0.258. The summed E-state index contributed by atoms with van der Waals surface area (Å²) in [5.41, 5.74) is -2.02. The van der Waals surface area contributed by atoms with Crippen molar-refractivity contribution >= 4 is 11.9 Å². The zero-order valence-electron chi connectivity index (χ0n) is 18.7. The minimum Gasteiger partial charge on any atom is -0.458 e. The lowest BCUT2D eigenvalue weighted by molar-refractivity contribution is -0.180. The molecule has 0 spiro atoms. The fourth-order valence-electron chi connectivity index (χ4n) is 3.75. The molecule has 0 radical (unpaired) electrons. The second-order valence-electron chi connectivity index (χ2n) is 8.58. The molecule has 0 saturated carbocycles. The van der Waals surface area contributed by atoms with Crippen LogP contribution < -0.4 is 0 Å². The van der Waals surface area contributed by atoms with Crippen molar-refractivity contribution in [3.63, 3.8) is 0 Å². The molecule has 8 nitrogen and oxygen atoms in total. The molecule has 1 aliphatic heterocycles. The van der Waals surface area contributed by atoms with Gasteiger partial charge in [0.05, 0.1) is 24.2 Å². The lowest BCUT2D eigenvalue weighted by atomic mass is 9.78. The molecular formula is C22H38O8. The van der Waals surface area contributed by atoms with Crippen LogP contribution in [-0.4, -0.2) is 68.5 Å². The maximum absolute atomic E-state index is 12.3. The van der Waals surface area contributed by atoms with Gasteiger partial charge in [-0.25, -0.2) is 4.79 Å². The van der Waals surface area contributed by atoms with Crippen LogP contribution in [0.25, 0.3) is 0 Å². The molecule has 0 aromatic carbocycles. The van der Waals surface area contributed by atoms with Gasteiger partial charge in [0.2, 0.25) is 0 Å². The van der Waals surface area contributed by atoms with E-state index < -0.39 is 59.9 Å². The van der Waals surface area contributed by atoms with Crippen LogP contribution in [0, 0.1) is 11.8 Å². The standard InChI is InChI=1S/C22H38O8/c1-6-7-8-9-10-16(23)11-12-17(24)30-18-13(2)19(25)22(5,28)20(26)14(3)21(27)29-15(18)4/h11-16,18-20,23,25-26,28H,6-10H2,1-5H3/b12-11+/t13-,14+,15+,16-,18-,19+,20-,22-/m1/s1. The summed E-state index contributed by atoms with van der Waals surface area (Å²) in [7, 11) is 0. The molecule has 8 atom stereocenters. The van der Waals surface area contributed by atoms with Crippen LogP contribution >= 0.6 is 0 Å². The van der Waals surface area contributed by atoms with Crippen molar-refractivity contribution in [2.45, 2.75) is 103 Å². The Balaban J connectivity index is 2.88. The zero-order chi connectivity index (χ0) is 23.1. The lowest BCUT2D eigenvalue weighted by Gasteiger charge is -2.39. The van der Waals surface area contributed by atoms with Crippen molar-refractivity contribution in [1.82, 2.24) is 0 Å². The summed E-state index contributed by atoms with van der Waals surface area (Å²) in [5.74, 6) is -3.46. The topological polar surface area (TPSA) is 134 Å². The smallest absolute Gasteiger partial charge is 0.330 e. The molecule has 1 fully saturated rings. The summed E-state index contributed by atoms with van der Waals surface area (Å²) in [6.45, 7) is 7.77. The van der Waals surface area contributed by atoms with Crippen LogP contribution in [0.3, 0.4) is 0 Å². The lowest BCUT2D eigenvalue weighted by Crippen LogP contribution is -2.57. The highest BCUT2D eigenvalue weighted by atomic mass is 16.6. The van der Waals surface area contributed by atoms with Gasteiger partial charge in [-0.1, -0.05) is 39.5 Å². The average Bonchev–Trinajstić information content (AvgIpc) is 2.71. The normalized spacial score (nSPS) is 36.5. The molecule has 0 amide bonds. The fourth-order valence-corrected chi connectivity index (χ4v) is 3.75. The Morgan fingerprint density at radius 2 is 1.83 bits per heavy atom. The first-order chi connectivity index (χ1) is 13.9. The van der Waals surface area contributed by atoms with E-state index in [1.165, 1.54) is 33.8 Å². The van der Waals surface area contributed by atoms with E-state index in [-0.39, 0.29) is 0 Å². The van der Waals surface area contributed by atoms with Crippen LogP contribution in [-0.2, 0) is 19.1 Å². The summed E-state index contributed by atoms with van der Waals surface area (Å²) < 4.78 is 10.7. The number of aliphatic hydroxyl groups excluding tert-OH is 3. The van der Waals surface area contributed by atoms with Crippen molar-refractivity contribution < 1.29 is 39.5 Å². The Bertz CT molecular complexity index is 588. The van der Waals surface area contributed by atoms with Gasteiger partial charge in [-0.05, 0) is 33.3 Å². The van der Waals surface area contributed by atoms with E-state index in [1.807, 2.05) is 0 Å².